The van der Waals surface area contributed by atoms with E-state index in [0.29, 0.717) is 17.5 Å². The zero-order valence-corrected chi connectivity index (χ0v) is 14.2. The van der Waals surface area contributed by atoms with E-state index in [0.717, 1.165) is 29.7 Å². The van der Waals surface area contributed by atoms with E-state index in [-0.39, 0.29) is 12.6 Å². The summed E-state index contributed by atoms with van der Waals surface area (Å²) < 4.78 is 5.46. The van der Waals surface area contributed by atoms with Crippen LogP contribution in [0.2, 0.25) is 0 Å². The molecule has 6 heteroatoms. The third kappa shape index (κ3) is 3.43. The topological polar surface area (TPSA) is 87.4 Å². The van der Waals surface area contributed by atoms with Gasteiger partial charge in [0.05, 0.1) is 17.8 Å². The van der Waals surface area contributed by atoms with Crippen molar-refractivity contribution in [1.29, 1.82) is 0 Å². The molecule has 2 amide bonds. The molecule has 0 aliphatic heterocycles. The van der Waals surface area contributed by atoms with Crippen molar-refractivity contribution in [1.82, 2.24) is 10.3 Å². The zero-order valence-electron chi connectivity index (χ0n) is 14.2. The number of aliphatic hydroxyl groups excluding tert-OH is 1. The lowest BCUT2D eigenvalue weighted by Crippen LogP contribution is -2.52. The van der Waals surface area contributed by atoms with Gasteiger partial charge in [0.15, 0.2) is 0 Å². The van der Waals surface area contributed by atoms with Crippen molar-refractivity contribution in [2.24, 2.45) is 5.92 Å². The number of carbonyl (C=O) groups is 1. The number of amides is 2. The number of anilines is 1. The van der Waals surface area contributed by atoms with E-state index in [9.17, 15) is 9.90 Å². The average Bonchev–Trinajstić information content (AvgIpc) is 3.32. The number of nitrogens with zero attached hydrogens (tertiary/aromatic N) is 1. The summed E-state index contributed by atoms with van der Waals surface area (Å²) in [5.41, 5.74) is 2.75. The van der Waals surface area contributed by atoms with E-state index in [4.69, 9.17) is 4.42 Å². The Balaban J connectivity index is 1.74. The van der Waals surface area contributed by atoms with E-state index in [2.05, 4.69) is 15.6 Å². The van der Waals surface area contributed by atoms with Gasteiger partial charge >= 0.3 is 6.03 Å². The molecule has 1 atom stereocenters. The quantitative estimate of drug-likeness (QED) is 0.786. The Morgan fingerprint density at radius 2 is 2.17 bits per heavy atom. The Labute approximate surface area is 141 Å². The summed E-state index contributed by atoms with van der Waals surface area (Å²) in [6.45, 7) is 5.64. The van der Waals surface area contributed by atoms with Crippen molar-refractivity contribution in [2.75, 3.05) is 11.9 Å². The SMILES string of the molecule is Cc1coc(-c2cc(NC(=O)NC(C)(CO)C3CC3)ccc2C)n1. The molecule has 24 heavy (non-hydrogen) atoms. The fraction of sp³-hybridized carbons (Fsp3) is 0.444. The van der Waals surface area contributed by atoms with Crippen LogP contribution in [0.1, 0.15) is 31.0 Å². The Morgan fingerprint density at radius 1 is 1.42 bits per heavy atom. The fourth-order valence-electron chi connectivity index (χ4n) is 2.82. The Bertz CT molecular complexity index is 752. The highest BCUT2D eigenvalue weighted by atomic mass is 16.3. The predicted molar refractivity (Wildman–Crippen MR) is 91.8 cm³/mol. The van der Waals surface area contributed by atoms with Crippen molar-refractivity contribution in [3.8, 4) is 11.5 Å². The van der Waals surface area contributed by atoms with Gasteiger partial charge in [-0.2, -0.15) is 0 Å². The summed E-state index contributed by atoms with van der Waals surface area (Å²) in [6.07, 6.45) is 3.68. The van der Waals surface area contributed by atoms with Gasteiger partial charge in [0.2, 0.25) is 5.89 Å². The summed E-state index contributed by atoms with van der Waals surface area (Å²) in [6, 6.07) is 5.27. The number of aryl methyl sites for hydroxylation is 2. The van der Waals surface area contributed by atoms with Crippen molar-refractivity contribution in [3.63, 3.8) is 0 Å². The molecule has 0 bridgehead atoms. The number of aromatic nitrogens is 1. The zero-order chi connectivity index (χ0) is 17.3. The molecule has 1 aliphatic rings. The van der Waals surface area contributed by atoms with Crippen LogP contribution < -0.4 is 10.6 Å². The van der Waals surface area contributed by atoms with Crippen molar-refractivity contribution in [3.05, 3.63) is 35.7 Å². The molecule has 2 aromatic rings. The predicted octanol–water partition coefficient (Wildman–Crippen LogP) is 3.24. The molecule has 6 nitrogen and oxygen atoms in total. The number of hydrogen-bond acceptors (Lipinski definition) is 4. The number of rotatable bonds is 5. The number of nitrogens with one attached hydrogen (secondary N) is 2. The number of carbonyl (C=O) groups excluding carboxylic acids is 1. The first kappa shape index (κ1) is 16.5. The van der Waals surface area contributed by atoms with Crippen molar-refractivity contribution < 1.29 is 14.3 Å². The smallest absolute Gasteiger partial charge is 0.319 e. The number of aliphatic hydroxyl groups is 1. The van der Waals surface area contributed by atoms with Crippen LogP contribution in [0, 0.1) is 19.8 Å². The van der Waals surface area contributed by atoms with Gasteiger partial charge in [0.1, 0.15) is 6.26 Å². The Hall–Kier alpha value is -2.34. The summed E-state index contributed by atoms with van der Waals surface area (Å²) in [4.78, 5) is 16.6. The summed E-state index contributed by atoms with van der Waals surface area (Å²) in [7, 11) is 0. The fourth-order valence-corrected chi connectivity index (χ4v) is 2.82. The van der Waals surface area contributed by atoms with E-state index < -0.39 is 5.54 Å². The van der Waals surface area contributed by atoms with Crippen molar-refractivity contribution >= 4 is 11.7 Å². The number of urea groups is 1. The first-order valence-electron chi connectivity index (χ1n) is 8.14. The van der Waals surface area contributed by atoms with Gasteiger partial charge < -0.3 is 20.2 Å². The van der Waals surface area contributed by atoms with Gasteiger partial charge in [-0.3, -0.25) is 0 Å². The normalized spacial score (nSPS) is 16.5. The molecule has 1 aliphatic carbocycles. The molecule has 3 N–H and O–H groups in total. The highest BCUT2D eigenvalue weighted by Gasteiger charge is 2.42. The second-order valence-electron chi connectivity index (χ2n) is 6.75. The third-order valence-electron chi connectivity index (χ3n) is 4.55. The summed E-state index contributed by atoms with van der Waals surface area (Å²) in [5, 5.41) is 15.3. The lowest BCUT2D eigenvalue weighted by atomic mass is 9.97. The molecule has 1 aromatic carbocycles. The molecular formula is C18H23N3O3. The van der Waals surface area contributed by atoms with E-state index in [1.165, 1.54) is 0 Å². The van der Waals surface area contributed by atoms with E-state index >= 15 is 0 Å². The standard InChI is InChI=1S/C18H23N3O3/c1-11-4-7-14(8-15(11)16-19-12(2)9-24-16)20-17(23)21-18(3,10-22)13-5-6-13/h4,7-9,13,22H,5-6,10H2,1-3H3,(H2,20,21,23). The molecule has 1 unspecified atom stereocenters. The number of hydrogen-bond donors (Lipinski definition) is 3. The Morgan fingerprint density at radius 3 is 2.75 bits per heavy atom. The van der Waals surface area contributed by atoms with Crippen LogP contribution in [0.3, 0.4) is 0 Å². The monoisotopic (exact) mass is 329 g/mol. The molecule has 0 radical (unpaired) electrons. The highest BCUT2D eigenvalue weighted by Crippen LogP contribution is 2.39. The summed E-state index contributed by atoms with van der Waals surface area (Å²) >= 11 is 0. The lowest BCUT2D eigenvalue weighted by molar-refractivity contribution is 0.159. The van der Waals surface area contributed by atoms with Gasteiger partial charge in [0.25, 0.3) is 0 Å². The first-order valence-corrected chi connectivity index (χ1v) is 8.14. The average molecular weight is 329 g/mol. The molecule has 1 heterocycles. The second-order valence-corrected chi connectivity index (χ2v) is 6.75. The minimum Gasteiger partial charge on any atom is -0.444 e. The van der Waals surface area contributed by atoms with E-state index in [1.807, 2.05) is 39.0 Å². The van der Waals surface area contributed by atoms with Crippen LogP contribution in [0.25, 0.3) is 11.5 Å². The molecule has 0 spiro atoms. The van der Waals surface area contributed by atoms with Crippen LogP contribution >= 0.6 is 0 Å². The number of oxazole rings is 1. The molecule has 1 aromatic heterocycles. The highest BCUT2D eigenvalue weighted by molar-refractivity contribution is 5.90. The van der Waals surface area contributed by atoms with Gasteiger partial charge in [-0.05, 0) is 57.2 Å². The van der Waals surface area contributed by atoms with Crippen LogP contribution in [-0.4, -0.2) is 28.3 Å². The Kier molecular flexibility index (Phi) is 4.32. The molecule has 1 saturated carbocycles. The van der Waals surface area contributed by atoms with Gasteiger partial charge in [-0.15, -0.1) is 0 Å². The van der Waals surface area contributed by atoms with Crippen LogP contribution in [0.4, 0.5) is 10.5 Å². The minimum atomic E-state index is -0.572. The maximum Gasteiger partial charge on any atom is 0.319 e. The lowest BCUT2D eigenvalue weighted by Gasteiger charge is -2.28. The largest absolute Gasteiger partial charge is 0.444 e. The van der Waals surface area contributed by atoms with Gasteiger partial charge in [-0.1, -0.05) is 6.07 Å². The maximum absolute atomic E-state index is 12.3. The molecule has 128 valence electrons. The maximum atomic E-state index is 12.3. The molecular weight excluding hydrogens is 306 g/mol. The molecule has 3 rings (SSSR count). The minimum absolute atomic E-state index is 0.0696. The third-order valence-corrected chi connectivity index (χ3v) is 4.55. The van der Waals surface area contributed by atoms with Gasteiger partial charge in [0, 0.05) is 11.3 Å². The van der Waals surface area contributed by atoms with Crippen LogP contribution in [0.5, 0.6) is 0 Å². The van der Waals surface area contributed by atoms with Crippen molar-refractivity contribution in [2.45, 2.75) is 39.2 Å². The number of benzene rings is 1. The second kappa shape index (κ2) is 6.28. The van der Waals surface area contributed by atoms with Crippen LogP contribution in [0.15, 0.2) is 28.9 Å². The first-order chi connectivity index (χ1) is 11.4. The van der Waals surface area contributed by atoms with Gasteiger partial charge in [-0.25, -0.2) is 9.78 Å². The summed E-state index contributed by atoms with van der Waals surface area (Å²) in [5.74, 6) is 0.879. The molecule has 1 fully saturated rings. The molecule has 0 saturated heterocycles. The van der Waals surface area contributed by atoms with E-state index in [1.54, 1.807) is 6.26 Å². The van der Waals surface area contributed by atoms with Crippen LogP contribution in [-0.2, 0) is 0 Å².